The SMILES string of the molecule is Cc1nn(C)c(CN(C)C(C)c2ccc(Cl)cc2)c1Br. The molecule has 2 rings (SSSR count). The molecule has 0 bridgehead atoms. The maximum atomic E-state index is 5.94. The molecule has 0 spiro atoms. The van der Waals surface area contributed by atoms with Gasteiger partial charge >= 0.3 is 0 Å². The van der Waals surface area contributed by atoms with E-state index in [0.29, 0.717) is 6.04 Å². The van der Waals surface area contributed by atoms with E-state index in [4.69, 9.17) is 11.6 Å². The normalized spacial score (nSPS) is 12.9. The smallest absolute Gasteiger partial charge is 0.0739 e. The molecule has 0 aliphatic carbocycles. The lowest BCUT2D eigenvalue weighted by molar-refractivity contribution is 0.246. The number of benzene rings is 1. The van der Waals surface area contributed by atoms with Crippen LogP contribution in [0.3, 0.4) is 0 Å². The average Bonchev–Trinajstić information content (AvgIpc) is 2.65. The van der Waals surface area contributed by atoms with E-state index in [2.05, 4.69) is 52.0 Å². The molecule has 0 aliphatic heterocycles. The first-order chi connectivity index (χ1) is 9.40. The Bertz CT molecular complexity index is 592. The highest BCUT2D eigenvalue weighted by atomic mass is 79.9. The molecule has 1 aromatic heterocycles. The van der Waals surface area contributed by atoms with E-state index >= 15 is 0 Å². The number of hydrogen-bond acceptors (Lipinski definition) is 2. The van der Waals surface area contributed by atoms with E-state index in [0.717, 1.165) is 21.7 Å². The Balaban J connectivity index is 2.15. The minimum absolute atomic E-state index is 0.314. The summed E-state index contributed by atoms with van der Waals surface area (Å²) in [5, 5.41) is 5.20. The Morgan fingerprint density at radius 2 is 1.95 bits per heavy atom. The van der Waals surface area contributed by atoms with Gasteiger partial charge in [-0.05, 0) is 54.5 Å². The molecule has 0 aliphatic rings. The lowest BCUT2D eigenvalue weighted by Crippen LogP contribution is -2.23. The summed E-state index contributed by atoms with van der Waals surface area (Å²) < 4.78 is 3.03. The van der Waals surface area contributed by atoms with Gasteiger partial charge in [-0.25, -0.2) is 0 Å². The van der Waals surface area contributed by atoms with E-state index in [1.54, 1.807) is 0 Å². The van der Waals surface area contributed by atoms with Crippen LogP contribution in [0.25, 0.3) is 0 Å². The summed E-state index contributed by atoms with van der Waals surface area (Å²) >= 11 is 9.56. The molecule has 20 heavy (non-hydrogen) atoms. The van der Waals surface area contributed by atoms with Crippen LogP contribution >= 0.6 is 27.5 Å². The molecule has 108 valence electrons. The standard InChI is InChI=1S/C15H19BrClN3/c1-10-15(16)14(20(4)18-10)9-19(3)11(2)12-5-7-13(17)8-6-12/h5-8,11H,9H2,1-4H3. The summed E-state index contributed by atoms with van der Waals surface area (Å²) in [6.45, 7) is 5.04. The van der Waals surface area contributed by atoms with Crippen LogP contribution in [-0.2, 0) is 13.6 Å². The van der Waals surface area contributed by atoms with Crippen LogP contribution in [0.2, 0.25) is 5.02 Å². The molecule has 5 heteroatoms. The van der Waals surface area contributed by atoms with Gasteiger partial charge in [-0.1, -0.05) is 23.7 Å². The van der Waals surface area contributed by atoms with Crippen molar-refractivity contribution in [1.82, 2.24) is 14.7 Å². The molecule has 3 nitrogen and oxygen atoms in total. The number of hydrogen-bond donors (Lipinski definition) is 0. The molecule has 1 unspecified atom stereocenters. The minimum atomic E-state index is 0.314. The first kappa shape index (κ1) is 15.5. The fourth-order valence-corrected chi connectivity index (χ4v) is 2.81. The van der Waals surface area contributed by atoms with Crippen LogP contribution in [0.1, 0.15) is 29.9 Å². The zero-order chi connectivity index (χ0) is 14.9. The number of rotatable bonds is 4. The summed E-state index contributed by atoms with van der Waals surface area (Å²) in [7, 11) is 4.10. The summed E-state index contributed by atoms with van der Waals surface area (Å²) in [6, 6.07) is 8.34. The molecule has 0 radical (unpaired) electrons. The van der Waals surface area contributed by atoms with Crippen molar-refractivity contribution in [3.8, 4) is 0 Å². The van der Waals surface area contributed by atoms with Crippen LogP contribution in [0, 0.1) is 6.92 Å². The van der Waals surface area contributed by atoms with Crippen LogP contribution < -0.4 is 0 Å². The van der Waals surface area contributed by atoms with E-state index in [-0.39, 0.29) is 0 Å². The highest BCUT2D eigenvalue weighted by Crippen LogP contribution is 2.26. The van der Waals surface area contributed by atoms with E-state index in [9.17, 15) is 0 Å². The molecule has 2 aromatic rings. The highest BCUT2D eigenvalue weighted by Gasteiger charge is 2.17. The van der Waals surface area contributed by atoms with Gasteiger partial charge in [-0.3, -0.25) is 9.58 Å². The summed E-state index contributed by atoms with van der Waals surface area (Å²) in [4.78, 5) is 2.30. The molecule has 0 saturated heterocycles. The van der Waals surface area contributed by atoms with Crippen molar-refractivity contribution in [3.63, 3.8) is 0 Å². The zero-order valence-corrected chi connectivity index (χ0v) is 14.5. The van der Waals surface area contributed by atoms with E-state index < -0.39 is 0 Å². The van der Waals surface area contributed by atoms with Crippen LogP contribution in [0.15, 0.2) is 28.7 Å². The Labute approximate surface area is 133 Å². The zero-order valence-electron chi connectivity index (χ0n) is 12.2. The summed E-state index contributed by atoms with van der Waals surface area (Å²) in [6.07, 6.45) is 0. The molecule has 1 aromatic carbocycles. The van der Waals surface area contributed by atoms with Gasteiger partial charge in [0.25, 0.3) is 0 Å². The number of halogens is 2. The van der Waals surface area contributed by atoms with Crippen molar-refractivity contribution in [1.29, 1.82) is 0 Å². The second kappa shape index (κ2) is 6.29. The Morgan fingerprint density at radius 3 is 2.45 bits per heavy atom. The van der Waals surface area contributed by atoms with Gasteiger partial charge in [0.2, 0.25) is 0 Å². The monoisotopic (exact) mass is 355 g/mol. The maximum absolute atomic E-state index is 5.94. The number of aromatic nitrogens is 2. The second-order valence-corrected chi connectivity index (χ2v) is 6.34. The van der Waals surface area contributed by atoms with Gasteiger partial charge in [0.15, 0.2) is 0 Å². The maximum Gasteiger partial charge on any atom is 0.0739 e. The van der Waals surface area contributed by atoms with Crippen molar-refractivity contribution in [3.05, 3.63) is 50.7 Å². The predicted octanol–water partition coefficient (Wildman–Crippen LogP) is 4.34. The Hall–Kier alpha value is -0.840. The third kappa shape index (κ3) is 3.25. The van der Waals surface area contributed by atoms with E-state index in [1.165, 1.54) is 11.3 Å². The molecule has 0 amide bonds. The number of nitrogens with zero attached hydrogens (tertiary/aromatic N) is 3. The summed E-state index contributed by atoms with van der Waals surface area (Å²) in [5.41, 5.74) is 3.47. The van der Waals surface area contributed by atoms with Gasteiger partial charge in [0, 0.05) is 24.7 Å². The van der Waals surface area contributed by atoms with Crippen LogP contribution in [-0.4, -0.2) is 21.7 Å². The lowest BCUT2D eigenvalue weighted by atomic mass is 10.1. The van der Waals surface area contributed by atoms with Crippen LogP contribution in [0.5, 0.6) is 0 Å². The quantitative estimate of drug-likeness (QED) is 0.812. The van der Waals surface area contributed by atoms with Crippen molar-refractivity contribution in [2.24, 2.45) is 7.05 Å². The molecular formula is C15H19BrClN3. The van der Waals surface area contributed by atoms with Gasteiger partial charge in [0.1, 0.15) is 0 Å². The Morgan fingerprint density at radius 1 is 1.35 bits per heavy atom. The fourth-order valence-electron chi connectivity index (χ4n) is 2.22. The Kier molecular flexibility index (Phi) is 4.89. The molecule has 1 heterocycles. The predicted molar refractivity (Wildman–Crippen MR) is 87.0 cm³/mol. The van der Waals surface area contributed by atoms with Gasteiger partial charge in [0.05, 0.1) is 15.9 Å². The third-order valence-corrected chi connectivity index (χ3v) is 4.96. The molecule has 1 atom stereocenters. The van der Waals surface area contributed by atoms with Gasteiger partial charge < -0.3 is 0 Å². The molecule has 0 saturated carbocycles. The van der Waals surface area contributed by atoms with E-state index in [1.807, 2.05) is 30.8 Å². The average molecular weight is 357 g/mol. The lowest BCUT2D eigenvalue weighted by Gasteiger charge is -2.25. The number of aryl methyl sites for hydroxylation is 2. The van der Waals surface area contributed by atoms with Gasteiger partial charge in [-0.2, -0.15) is 5.10 Å². The van der Waals surface area contributed by atoms with Crippen molar-refractivity contribution >= 4 is 27.5 Å². The second-order valence-electron chi connectivity index (χ2n) is 5.11. The van der Waals surface area contributed by atoms with Crippen molar-refractivity contribution in [2.45, 2.75) is 26.4 Å². The molecule has 0 N–H and O–H groups in total. The minimum Gasteiger partial charge on any atom is -0.294 e. The van der Waals surface area contributed by atoms with Crippen molar-refractivity contribution in [2.75, 3.05) is 7.05 Å². The van der Waals surface area contributed by atoms with Crippen LogP contribution in [0.4, 0.5) is 0 Å². The largest absolute Gasteiger partial charge is 0.294 e. The first-order valence-electron chi connectivity index (χ1n) is 6.53. The fraction of sp³-hybridized carbons (Fsp3) is 0.400. The molecule has 0 fully saturated rings. The topological polar surface area (TPSA) is 21.1 Å². The third-order valence-electron chi connectivity index (χ3n) is 3.67. The summed E-state index contributed by atoms with van der Waals surface area (Å²) in [5.74, 6) is 0. The van der Waals surface area contributed by atoms with Crippen molar-refractivity contribution < 1.29 is 0 Å². The molecular weight excluding hydrogens is 338 g/mol. The van der Waals surface area contributed by atoms with Gasteiger partial charge in [-0.15, -0.1) is 0 Å². The highest BCUT2D eigenvalue weighted by molar-refractivity contribution is 9.10. The first-order valence-corrected chi connectivity index (χ1v) is 7.71.